The van der Waals surface area contributed by atoms with Crippen molar-refractivity contribution in [3.05, 3.63) is 36.5 Å². The van der Waals surface area contributed by atoms with Gasteiger partial charge in [0, 0.05) is 42.3 Å². The zero-order chi connectivity index (χ0) is 17.7. The van der Waals surface area contributed by atoms with Crippen molar-refractivity contribution in [1.29, 1.82) is 0 Å². The van der Waals surface area contributed by atoms with Crippen molar-refractivity contribution in [3.8, 4) is 11.5 Å². The molecule has 25 heavy (non-hydrogen) atoms. The van der Waals surface area contributed by atoms with Crippen LogP contribution in [0.3, 0.4) is 0 Å². The first kappa shape index (κ1) is 16.5. The van der Waals surface area contributed by atoms with Crippen LogP contribution >= 0.6 is 10.7 Å². The number of rotatable bonds is 4. The smallest absolute Gasteiger partial charge is 0.265 e. The Morgan fingerprint density at radius 3 is 2.68 bits per heavy atom. The third-order valence-electron chi connectivity index (χ3n) is 4.40. The van der Waals surface area contributed by atoms with Crippen LogP contribution in [0.1, 0.15) is 0 Å². The van der Waals surface area contributed by atoms with Gasteiger partial charge in [0.15, 0.2) is 11.6 Å². The molecular formula is C15H14ClFN4O3S. The Morgan fingerprint density at radius 1 is 1.28 bits per heavy atom. The first-order valence-corrected chi connectivity index (χ1v) is 9.85. The lowest BCUT2D eigenvalue weighted by Gasteiger charge is -2.56. The summed E-state index contributed by atoms with van der Waals surface area (Å²) in [6.45, 7) is 3.60. The van der Waals surface area contributed by atoms with Crippen LogP contribution in [0.15, 0.2) is 35.6 Å². The Morgan fingerprint density at radius 2 is 2.04 bits per heavy atom. The van der Waals surface area contributed by atoms with E-state index in [1.54, 1.807) is 0 Å². The minimum atomic E-state index is -4.17. The number of hydrogen-bond donors (Lipinski definition) is 1. The summed E-state index contributed by atoms with van der Waals surface area (Å²) < 4.78 is 42.5. The third-order valence-corrected chi connectivity index (χ3v) is 5.74. The van der Waals surface area contributed by atoms with E-state index in [0.717, 1.165) is 38.3 Å². The number of nitrogens with one attached hydrogen (secondary N) is 1. The zero-order valence-corrected chi connectivity index (χ0v) is 14.5. The summed E-state index contributed by atoms with van der Waals surface area (Å²) in [5, 5.41) is 3.25. The fraction of sp³-hybridized carbons (Fsp3) is 0.333. The summed E-state index contributed by atoms with van der Waals surface area (Å²) in [6, 6.07) is 3.14. The normalized spacial score (nSPS) is 18.6. The predicted molar refractivity (Wildman–Crippen MR) is 89.1 cm³/mol. The van der Waals surface area contributed by atoms with Crippen LogP contribution in [0.25, 0.3) is 0 Å². The molecule has 2 saturated heterocycles. The second-order valence-corrected chi connectivity index (χ2v) is 8.84. The van der Waals surface area contributed by atoms with E-state index in [9.17, 15) is 12.8 Å². The van der Waals surface area contributed by atoms with Crippen molar-refractivity contribution in [2.24, 2.45) is 5.41 Å². The van der Waals surface area contributed by atoms with Crippen molar-refractivity contribution < 1.29 is 17.5 Å². The molecule has 0 atom stereocenters. The molecule has 0 bridgehead atoms. The molecule has 10 heteroatoms. The van der Waals surface area contributed by atoms with Crippen molar-refractivity contribution >= 4 is 25.6 Å². The van der Waals surface area contributed by atoms with Gasteiger partial charge in [0.1, 0.15) is 22.8 Å². The van der Waals surface area contributed by atoms with Gasteiger partial charge in [0.05, 0.1) is 6.20 Å². The number of aromatic nitrogens is 2. The number of hydrogen-bond acceptors (Lipinski definition) is 7. The summed E-state index contributed by atoms with van der Waals surface area (Å²) >= 11 is 0. The van der Waals surface area contributed by atoms with Gasteiger partial charge in [-0.15, -0.1) is 0 Å². The summed E-state index contributed by atoms with van der Waals surface area (Å²) in [7, 11) is 1.21. The molecule has 1 aromatic carbocycles. The first-order chi connectivity index (χ1) is 11.9. The molecule has 0 aliphatic carbocycles. The molecule has 4 rings (SSSR count). The average molecular weight is 385 g/mol. The summed E-state index contributed by atoms with van der Waals surface area (Å²) in [5.41, 5.74) is 0.280. The minimum Gasteiger partial charge on any atom is -0.450 e. The molecule has 132 valence electrons. The number of ether oxygens (including phenoxy) is 1. The molecule has 7 nitrogen and oxygen atoms in total. The summed E-state index contributed by atoms with van der Waals surface area (Å²) in [6.07, 6.45) is 2.84. The van der Waals surface area contributed by atoms with E-state index >= 15 is 0 Å². The molecule has 0 unspecified atom stereocenters. The van der Waals surface area contributed by atoms with E-state index in [1.807, 2.05) is 4.90 Å². The van der Waals surface area contributed by atoms with Gasteiger partial charge in [0.2, 0.25) is 0 Å². The molecule has 0 radical (unpaired) electrons. The van der Waals surface area contributed by atoms with E-state index in [4.69, 9.17) is 15.4 Å². The van der Waals surface area contributed by atoms with Gasteiger partial charge in [0.25, 0.3) is 9.05 Å². The lowest BCUT2D eigenvalue weighted by Crippen LogP contribution is -2.71. The Balaban J connectivity index is 1.64. The van der Waals surface area contributed by atoms with Crippen LogP contribution in [-0.4, -0.2) is 44.6 Å². The Kier molecular flexibility index (Phi) is 3.82. The quantitative estimate of drug-likeness (QED) is 0.804. The van der Waals surface area contributed by atoms with E-state index in [0.29, 0.717) is 5.82 Å². The summed E-state index contributed by atoms with van der Waals surface area (Å²) in [5.74, 6) is 0.0545. The van der Waals surface area contributed by atoms with Gasteiger partial charge in [-0.05, 0) is 18.2 Å². The predicted octanol–water partition coefficient (Wildman–Crippen LogP) is 1.75. The van der Waals surface area contributed by atoms with Gasteiger partial charge in [-0.1, -0.05) is 0 Å². The maximum absolute atomic E-state index is 13.4. The van der Waals surface area contributed by atoms with Gasteiger partial charge in [-0.25, -0.2) is 22.8 Å². The van der Waals surface area contributed by atoms with E-state index in [-0.39, 0.29) is 16.9 Å². The highest BCUT2D eigenvalue weighted by Gasteiger charge is 2.48. The largest absolute Gasteiger partial charge is 0.450 e. The standard InChI is InChI=1S/C15H14ClFN4O3S/c16-25(22,23)13-3-10(17)1-2-11(13)24-12-4-18-9-20-14(12)21-7-15(8-21)5-19-6-15/h1-4,9,19H,5-8H2. The molecule has 1 N–H and O–H groups in total. The first-order valence-electron chi connectivity index (χ1n) is 7.54. The van der Waals surface area contributed by atoms with Crippen molar-refractivity contribution in [3.63, 3.8) is 0 Å². The van der Waals surface area contributed by atoms with E-state index in [2.05, 4.69) is 15.3 Å². The Hall–Kier alpha value is -1.97. The highest BCUT2D eigenvalue weighted by Crippen LogP contribution is 2.41. The highest BCUT2D eigenvalue weighted by atomic mass is 35.7. The molecule has 1 aromatic heterocycles. The third kappa shape index (κ3) is 3.03. The maximum atomic E-state index is 13.4. The topological polar surface area (TPSA) is 84.4 Å². The van der Waals surface area contributed by atoms with Crippen LogP contribution in [0.5, 0.6) is 11.5 Å². The van der Waals surface area contributed by atoms with E-state index in [1.165, 1.54) is 18.6 Å². The van der Waals surface area contributed by atoms with Crippen molar-refractivity contribution in [2.45, 2.75) is 4.90 Å². The monoisotopic (exact) mass is 384 g/mol. The molecule has 1 spiro atoms. The fourth-order valence-corrected chi connectivity index (χ4v) is 4.08. The summed E-state index contributed by atoms with van der Waals surface area (Å²) in [4.78, 5) is 9.77. The van der Waals surface area contributed by atoms with Gasteiger partial charge in [-0.2, -0.15) is 0 Å². The number of benzene rings is 1. The average Bonchev–Trinajstić information content (AvgIpc) is 2.47. The molecule has 2 aliphatic heterocycles. The van der Waals surface area contributed by atoms with Crippen molar-refractivity contribution in [1.82, 2.24) is 15.3 Å². The lowest BCUT2D eigenvalue weighted by molar-refractivity contribution is 0.120. The number of halogens is 2. The minimum absolute atomic E-state index is 0.0759. The molecule has 3 heterocycles. The van der Waals surface area contributed by atoms with Crippen LogP contribution in [0, 0.1) is 11.2 Å². The lowest BCUT2D eigenvalue weighted by atomic mass is 9.74. The molecule has 2 aliphatic rings. The zero-order valence-electron chi connectivity index (χ0n) is 12.9. The van der Waals surface area contributed by atoms with E-state index < -0.39 is 19.8 Å². The molecule has 2 aromatic rings. The van der Waals surface area contributed by atoms with Crippen LogP contribution in [0.2, 0.25) is 0 Å². The molecule has 0 saturated carbocycles. The van der Waals surface area contributed by atoms with Crippen molar-refractivity contribution in [2.75, 3.05) is 31.1 Å². The van der Waals surface area contributed by atoms with Crippen LogP contribution in [-0.2, 0) is 9.05 Å². The molecule has 0 amide bonds. The Bertz CT molecular complexity index is 928. The maximum Gasteiger partial charge on any atom is 0.265 e. The van der Waals surface area contributed by atoms with Gasteiger partial charge in [-0.3, -0.25) is 0 Å². The second kappa shape index (κ2) is 5.79. The second-order valence-electron chi connectivity index (χ2n) is 6.30. The van der Waals surface area contributed by atoms with Crippen LogP contribution in [0.4, 0.5) is 10.2 Å². The Labute approximate surface area is 148 Å². The SMILES string of the molecule is O=S(=O)(Cl)c1cc(F)ccc1Oc1cncnc1N1CC2(CNC2)C1. The number of nitrogens with zero attached hydrogens (tertiary/aromatic N) is 3. The molecule has 2 fully saturated rings. The van der Waals surface area contributed by atoms with Gasteiger partial charge < -0.3 is 15.0 Å². The van der Waals surface area contributed by atoms with Crippen LogP contribution < -0.4 is 15.0 Å². The highest BCUT2D eigenvalue weighted by molar-refractivity contribution is 8.13. The number of anilines is 1. The van der Waals surface area contributed by atoms with Gasteiger partial charge >= 0.3 is 0 Å². The fourth-order valence-electron chi connectivity index (χ4n) is 3.11. The molecular weight excluding hydrogens is 371 g/mol.